The minimum atomic E-state index is -1.28. The molecular formula is C24H16N2O5. The third kappa shape index (κ3) is 2.63. The Morgan fingerprint density at radius 2 is 1.35 bits per heavy atom. The second-order valence-corrected chi connectivity index (χ2v) is 7.72. The van der Waals surface area contributed by atoms with Gasteiger partial charge >= 0.3 is 0 Å². The maximum atomic E-state index is 13.4. The van der Waals surface area contributed by atoms with Gasteiger partial charge in [0.25, 0.3) is 5.69 Å². The van der Waals surface area contributed by atoms with Crippen LogP contribution in [0.1, 0.15) is 26.3 Å². The molecule has 1 saturated carbocycles. The molecule has 1 heterocycles. The molecule has 0 radical (unpaired) electrons. The summed E-state index contributed by atoms with van der Waals surface area (Å²) in [4.78, 5) is 50.4. The molecule has 1 fully saturated rings. The number of hydrogen-bond donors (Lipinski definition) is 1. The van der Waals surface area contributed by atoms with Gasteiger partial charge in [-0.3, -0.25) is 24.5 Å². The van der Waals surface area contributed by atoms with Gasteiger partial charge in [0.05, 0.1) is 22.2 Å². The van der Waals surface area contributed by atoms with E-state index in [1.807, 2.05) is 0 Å². The molecule has 0 saturated heterocycles. The second kappa shape index (κ2) is 6.70. The summed E-state index contributed by atoms with van der Waals surface area (Å²) >= 11 is 0. The van der Waals surface area contributed by atoms with E-state index < -0.39 is 22.2 Å². The molecule has 1 N–H and O–H groups in total. The highest BCUT2D eigenvalue weighted by atomic mass is 16.6. The molecule has 31 heavy (non-hydrogen) atoms. The zero-order valence-electron chi connectivity index (χ0n) is 16.1. The van der Waals surface area contributed by atoms with Crippen LogP contribution in [-0.4, -0.2) is 22.4 Å². The first kappa shape index (κ1) is 18.9. The molecule has 1 spiro atoms. The fourth-order valence-corrected chi connectivity index (χ4v) is 4.73. The number of fused-ring (bicyclic) bond motifs is 2. The summed E-state index contributed by atoms with van der Waals surface area (Å²) in [6.45, 7) is 0. The molecule has 2 aliphatic rings. The summed E-state index contributed by atoms with van der Waals surface area (Å²) in [5, 5.41) is 13.7. The van der Waals surface area contributed by atoms with Crippen LogP contribution in [0.2, 0.25) is 0 Å². The fourth-order valence-electron chi connectivity index (χ4n) is 4.73. The van der Waals surface area contributed by atoms with E-state index in [1.165, 1.54) is 24.3 Å². The van der Waals surface area contributed by atoms with E-state index in [0.717, 1.165) is 0 Å². The first-order valence-corrected chi connectivity index (χ1v) is 9.75. The first-order valence-electron chi connectivity index (χ1n) is 9.75. The lowest BCUT2D eigenvalue weighted by Gasteiger charge is -2.09. The van der Waals surface area contributed by atoms with Crippen LogP contribution < -0.4 is 5.32 Å². The van der Waals surface area contributed by atoms with Crippen molar-refractivity contribution in [2.45, 2.75) is 5.41 Å². The number of hydrogen-bond acceptors (Lipinski definition) is 5. The molecule has 1 amide bonds. The number of nitrogens with zero attached hydrogens (tertiary/aromatic N) is 1. The quantitative estimate of drug-likeness (QED) is 0.390. The number of nitro benzene ring substituents is 1. The molecule has 0 bridgehead atoms. The molecule has 1 aliphatic carbocycles. The summed E-state index contributed by atoms with van der Waals surface area (Å²) in [5.74, 6) is -2.75. The number of rotatable bonds is 5. The number of nitro groups is 1. The Morgan fingerprint density at radius 3 is 1.97 bits per heavy atom. The second-order valence-electron chi connectivity index (χ2n) is 7.72. The minimum absolute atomic E-state index is 0.136. The van der Waals surface area contributed by atoms with E-state index >= 15 is 0 Å². The number of nitrogens with one attached hydrogen (secondary N) is 1. The van der Waals surface area contributed by atoms with Gasteiger partial charge in [0.2, 0.25) is 5.91 Å². The molecule has 152 valence electrons. The zero-order valence-corrected chi connectivity index (χ0v) is 16.1. The lowest BCUT2D eigenvalue weighted by Crippen LogP contribution is -2.26. The molecule has 3 unspecified atom stereocenters. The van der Waals surface area contributed by atoms with Gasteiger partial charge in [-0.2, -0.15) is 0 Å². The molecule has 3 aromatic rings. The topological polar surface area (TPSA) is 106 Å². The third-order valence-electron chi connectivity index (χ3n) is 6.19. The van der Waals surface area contributed by atoms with E-state index in [2.05, 4.69) is 5.32 Å². The Balaban J connectivity index is 1.60. The molecule has 7 nitrogen and oxygen atoms in total. The van der Waals surface area contributed by atoms with Crippen LogP contribution in [0.5, 0.6) is 0 Å². The van der Waals surface area contributed by atoms with E-state index in [0.29, 0.717) is 16.8 Å². The number of carbonyl (C=O) groups is 3. The Bertz CT molecular complexity index is 1250. The van der Waals surface area contributed by atoms with E-state index in [1.54, 1.807) is 54.6 Å². The van der Waals surface area contributed by atoms with Crippen molar-refractivity contribution in [1.29, 1.82) is 0 Å². The van der Waals surface area contributed by atoms with Crippen molar-refractivity contribution in [2.75, 3.05) is 5.32 Å². The average Bonchev–Trinajstić information content (AvgIpc) is 3.41. The molecule has 3 aromatic carbocycles. The third-order valence-corrected chi connectivity index (χ3v) is 6.19. The van der Waals surface area contributed by atoms with Crippen LogP contribution in [0.4, 0.5) is 11.4 Å². The molecule has 0 aromatic heterocycles. The van der Waals surface area contributed by atoms with Crippen molar-refractivity contribution in [1.82, 2.24) is 0 Å². The number of benzene rings is 3. The van der Waals surface area contributed by atoms with Crippen molar-refractivity contribution < 1.29 is 19.3 Å². The van der Waals surface area contributed by atoms with E-state index in [4.69, 9.17) is 0 Å². The van der Waals surface area contributed by atoms with Crippen molar-refractivity contribution in [3.05, 3.63) is 106 Å². The lowest BCUT2D eigenvalue weighted by atomic mass is 9.90. The van der Waals surface area contributed by atoms with Crippen LogP contribution in [0.3, 0.4) is 0 Å². The summed E-state index contributed by atoms with van der Waals surface area (Å²) in [5.41, 5.74) is 0.482. The summed E-state index contributed by atoms with van der Waals surface area (Å²) in [6.07, 6.45) is 0. The number of ketones is 2. The van der Waals surface area contributed by atoms with Crippen molar-refractivity contribution in [2.24, 2.45) is 11.8 Å². The van der Waals surface area contributed by atoms with Gasteiger partial charge < -0.3 is 5.32 Å². The van der Waals surface area contributed by atoms with Gasteiger partial charge in [-0.15, -0.1) is 0 Å². The Kier molecular flexibility index (Phi) is 4.08. The van der Waals surface area contributed by atoms with Gasteiger partial charge in [0, 0.05) is 28.9 Å². The largest absolute Gasteiger partial charge is 0.325 e. The van der Waals surface area contributed by atoms with E-state index in [9.17, 15) is 24.5 Å². The van der Waals surface area contributed by atoms with E-state index in [-0.39, 0.29) is 28.7 Å². The number of anilines is 1. The molecule has 1 aliphatic heterocycles. The monoisotopic (exact) mass is 412 g/mol. The summed E-state index contributed by atoms with van der Waals surface area (Å²) in [7, 11) is 0. The highest BCUT2D eigenvalue weighted by molar-refractivity contribution is 6.22. The predicted molar refractivity (Wildman–Crippen MR) is 112 cm³/mol. The maximum absolute atomic E-state index is 13.4. The van der Waals surface area contributed by atoms with Gasteiger partial charge in [0.1, 0.15) is 0 Å². The van der Waals surface area contributed by atoms with Crippen LogP contribution >= 0.6 is 0 Å². The van der Waals surface area contributed by atoms with Crippen molar-refractivity contribution in [3.63, 3.8) is 0 Å². The van der Waals surface area contributed by atoms with Crippen LogP contribution in [0, 0.1) is 22.0 Å². The van der Waals surface area contributed by atoms with Crippen molar-refractivity contribution in [3.8, 4) is 0 Å². The van der Waals surface area contributed by atoms with Gasteiger partial charge in [0.15, 0.2) is 11.6 Å². The van der Waals surface area contributed by atoms with Crippen molar-refractivity contribution >= 4 is 28.8 Å². The highest BCUT2D eigenvalue weighted by Gasteiger charge is 2.78. The first-order chi connectivity index (χ1) is 15.0. The number of non-ortho nitro benzene ring substituents is 1. The Labute approximate surface area is 176 Å². The highest BCUT2D eigenvalue weighted by Crippen LogP contribution is 2.66. The van der Waals surface area contributed by atoms with Gasteiger partial charge in [-0.1, -0.05) is 48.5 Å². The number of para-hydroxylation sites is 1. The fraction of sp³-hybridized carbons (Fsp3) is 0.125. The summed E-state index contributed by atoms with van der Waals surface area (Å²) < 4.78 is 0. The lowest BCUT2D eigenvalue weighted by molar-refractivity contribution is -0.384. The molecule has 3 atom stereocenters. The van der Waals surface area contributed by atoms with Gasteiger partial charge in [-0.05, 0) is 23.8 Å². The van der Waals surface area contributed by atoms with Gasteiger partial charge in [-0.25, -0.2) is 0 Å². The molecule has 5 rings (SSSR count). The number of carbonyl (C=O) groups excluding carboxylic acids is 3. The zero-order chi connectivity index (χ0) is 21.8. The number of amides is 1. The molecule has 7 heteroatoms. The minimum Gasteiger partial charge on any atom is -0.325 e. The maximum Gasteiger partial charge on any atom is 0.269 e. The SMILES string of the molecule is O=C(c1ccccc1)C1C(C(=O)c2ccc([N+](=O)[O-])cc2)C12C(=O)Nc1ccccc12. The van der Waals surface area contributed by atoms with Crippen LogP contribution in [0.15, 0.2) is 78.9 Å². The Morgan fingerprint density at radius 1 is 0.806 bits per heavy atom. The summed E-state index contributed by atoms with van der Waals surface area (Å²) in [6, 6.07) is 20.9. The standard InChI is InChI=1S/C24H16N2O5/c27-21(14-6-2-1-3-7-14)19-20(22(28)15-10-12-16(13-11-15)26(30)31)24(19)17-8-4-5-9-18(17)25-23(24)29/h1-13,19-20H,(H,25,29). The average molecular weight is 412 g/mol. The smallest absolute Gasteiger partial charge is 0.269 e. The predicted octanol–water partition coefficient (Wildman–Crippen LogP) is 3.80. The van der Waals surface area contributed by atoms with Crippen LogP contribution in [0.25, 0.3) is 0 Å². The number of Topliss-reactive ketones (excluding diaryl/α,β-unsaturated/α-hetero) is 2. The van der Waals surface area contributed by atoms with Crippen LogP contribution in [-0.2, 0) is 10.2 Å². The normalized spacial score (nSPS) is 23.2. The Hall–Kier alpha value is -4.13. The molecular weight excluding hydrogens is 396 g/mol.